The maximum atomic E-state index is 4.50. The van der Waals surface area contributed by atoms with Crippen LogP contribution in [0.5, 0.6) is 0 Å². The van der Waals surface area contributed by atoms with Crippen molar-refractivity contribution >= 4 is 0 Å². The van der Waals surface area contributed by atoms with E-state index in [9.17, 15) is 0 Å². The fourth-order valence-corrected chi connectivity index (χ4v) is 0.354. The lowest BCUT2D eigenvalue weighted by Crippen LogP contribution is -1.69. The van der Waals surface area contributed by atoms with Gasteiger partial charge in [-0.15, -0.1) is 0 Å². The summed E-state index contributed by atoms with van der Waals surface area (Å²) in [6, 6.07) is 0. The topological polar surface area (TPSA) is 26.0 Å². The monoisotopic (exact) mass is 181 g/mol. The zero-order chi connectivity index (χ0) is 11.1. The largest absolute Gasteiger partial charge is 0.333 e. The summed E-state index contributed by atoms with van der Waals surface area (Å²) in [4.78, 5) is 0. The van der Waals surface area contributed by atoms with Gasteiger partial charge < -0.3 is 5.73 Å². The van der Waals surface area contributed by atoms with E-state index >= 15 is 0 Å². The van der Waals surface area contributed by atoms with Crippen molar-refractivity contribution in [1.29, 1.82) is 0 Å². The highest BCUT2D eigenvalue weighted by molar-refractivity contribution is 5.21. The van der Waals surface area contributed by atoms with Crippen molar-refractivity contribution < 1.29 is 0 Å². The highest BCUT2D eigenvalue weighted by atomic mass is 14.4. The minimum absolute atomic E-state index is 1.16. The van der Waals surface area contributed by atoms with Crippen molar-refractivity contribution in [3.8, 4) is 0 Å². The average Bonchev–Trinajstić information content (AvgIpc) is 2.24. The van der Waals surface area contributed by atoms with Gasteiger partial charge in [0.2, 0.25) is 0 Å². The summed E-state index contributed by atoms with van der Waals surface area (Å²) in [5.41, 5.74) is 5.66. The molecule has 0 aliphatic heterocycles. The van der Waals surface area contributed by atoms with Gasteiger partial charge in [-0.05, 0) is 14.0 Å². The Morgan fingerprint density at radius 3 is 1.85 bits per heavy atom. The molecule has 0 aliphatic carbocycles. The van der Waals surface area contributed by atoms with E-state index < -0.39 is 0 Å². The Balaban J connectivity index is -0.000000218. The zero-order valence-corrected chi connectivity index (χ0v) is 9.38. The molecule has 0 heterocycles. The molecule has 0 unspecified atom stereocenters. The molecule has 0 spiro atoms. The third-order valence-corrected chi connectivity index (χ3v) is 0.928. The quantitative estimate of drug-likeness (QED) is 0.663. The molecule has 0 fully saturated rings. The van der Waals surface area contributed by atoms with Crippen LogP contribution in [-0.4, -0.2) is 7.05 Å². The van der Waals surface area contributed by atoms with E-state index in [0.717, 1.165) is 5.57 Å². The molecule has 0 atom stereocenters. The number of nitrogens with two attached hydrogens (primary N) is 1. The van der Waals surface area contributed by atoms with Crippen molar-refractivity contribution in [1.82, 2.24) is 0 Å². The molecule has 13 heavy (non-hydrogen) atoms. The Labute approximate surface area is 83.3 Å². The van der Waals surface area contributed by atoms with Gasteiger partial charge in [-0.1, -0.05) is 63.0 Å². The summed E-state index contributed by atoms with van der Waals surface area (Å²) in [5.74, 6) is 0. The third kappa shape index (κ3) is 24.8. The van der Waals surface area contributed by atoms with Crippen molar-refractivity contribution in [3.05, 3.63) is 49.1 Å². The van der Waals surface area contributed by atoms with E-state index in [-0.39, 0.29) is 0 Å². The normalized spacial score (nSPS) is 9.15. The second kappa shape index (κ2) is 22.4. The van der Waals surface area contributed by atoms with Gasteiger partial charge >= 0.3 is 0 Å². The lowest BCUT2D eigenvalue weighted by atomic mass is 10.3. The van der Waals surface area contributed by atoms with Crippen molar-refractivity contribution in [2.45, 2.75) is 20.8 Å². The molecule has 0 rings (SSSR count). The molecule has 0 bridgehead atoms. The molecule has 0 aromatic rings. The SMILES string of the molecule is C=C/C=C\C=C(\C)C=C.CC.CN. The first-order valence-electron chi connectivity index (χ1n) is 4.47. The molecular formula is C12H23N. The minimum Gasteiger partial charge on any atom is -0.333 e. The molecule has 0 saturated heterocycles. The van der Waals surface area contributed by atoms with Crippen LogP contribution in [0.4, 0.5) is 0 Å². The van der Waals surface area contributed by atoms with E-state index in [1.807, 2.05) is 45.1 Å². The molecule has 2 N–H and O–H groups in total. The maximum Gasteiger partial charge on any atom is -0.0195 e. The van der Waals surface area contributed by atoms with E-state index in [4.69, 9.17) is 0 Å². The molecule has 0 saturated carbocycles. The highest BCUT2D eigenvalue weighted by Crippen LogP contribution is 1.91. The number of hydrogen-bond donors (Lipinski definition) is 1. The van der Waals surface area contributed by atoms with E-state index in [1.54, 1.807) is 6.08 Å². The van der Waals surface area contributed by atoms with Crippen LogP contribution >= 0.6 is 0 Å². The molecule has 0 aromatic carbocycles. The summed E-state index contributed by atoms with van der Waals surface area (Å²) in [7, 11) is 1.50. The predicted octanol–water partition coefficient (Wildman–Crippen LogP) is 3.46. The van der Waals surface area contributed by atoms with Gasteiger partial charge in [0, 0.05) is 0 Å². The molecule has 0 aromatic heterocycles. The zero-order valence-electron chi connectivity index (χ0n) is 9.38. The fourth-order valence-electron chi connectivity index (χ4n) is 0.354. The molecule has 1 nitrogen and oxygen atoms in total. The van der Waals surface area contributed by atoms with Crippen molar-refractivity contribution in [2.75, 3.05) is 7.05 Å². The van der Waals surface area contributed by atoms with Crippen LogP contribution in [0.3, 0.4) is 0 Å². The molecule has 0 aliphatic rings. The highest BCUT2D eigenvalue weighted by Gasteiger charge is 1.70. The van der Waals surface area contributed by atoms with Crippen LogP contribution in [0.25, 0.3) is 0 Å². The standard InChI is InChI=1S/C9H12.C2H6.CH5N/c1-4-6-7-8-9(3)5-2;2*1-2/h4-8H,1-2H2,3H3;1-2H3;2H2,1H3/b7-6-,9-8-;;. The summed E-state index contributed by atoms with van der Waals surface area (Å²) < 4.78 is 0. The minimum atomic E-state index is 1.16. The van der Waals surface area contributed by atoms with Gasteiger partial charge in [0.25, 0.3) is 0 Å². The molecule has 76 valence electrons. The fraction of sp³-hybridized carbons (Fsp3) is 0.333. The Hall–Kier alpha value is -1.08. The smallest absolute Gasteiger partial charge is 0.0195 e. The second-order valence-corrected chi connectivity index (χ2v) is 1.74. The molecule has 0 amide bonds. The number of allylic oxidation sites excluding steroid dienone is 6. The molecular weight excluding hydrogens is 158 g/mol. The Bertz CT molecular complexity index is 153. The number of rotatable bonds is 3. The van der Waals surface area contributed by atoms with Gasteiger partial charge in [0.15, 0.2) is 0 Å². The first kappa shape index (κ1) is 17.9. The Morgan fingerprint density at radius 2 is 1.54 bits per heavy atom. The Kier molecular flexibility index (Phi) is 30.8. The average molecular weight is 181 g/mol. The van der Waals surface area contributed by atoms with Gasteiger partial charge in [-0.3, -0.25) is 0 Å². The van der Waals surface area contributed by atoms with Crippen LogP contribution in [-0.2, 0) is 0 Å². The molecule has 1 heteroatoms. The van der Waals surface area contributed by atoms with E-state index in [0.29, 0.717) is 0 Å². The lowest BCUT2D eigenvalue weighted by molar-refractivity contribution is 1.48. The third-order valence-electron chi connectivity index (χ3n) is 0.928. The first-order chi connectivity index (χ1) is 6.31. The summed E-state index contributed by atoms with van der Waals surface area (Å²) >= 11 is 0. The lowest BCUT2D eigenvalue weighted by Gasteiger charge is -1.81. The van der Waals surface area contributed by atoms with Crippen molar-refractivity contribution in [2.24, 2.45) is 5.73 Å². The van der Waals surface area contributed by atoms with Gasteiger partial charge in [-0.25, -0.2) is 0 Å². The van der Waals surface area contributed by atoms with Crippen molar-refractivity contribution in [3.63, 3.8) is 0 Å². The first-order valence-corrected chi connectivity index (χ1v) is 4.47. The summed E-state index contributed by atoms with van der Waals surface area (Å²) in [6.07, 6.45) is 9.35. The van der Waals surface area contributed by atoms with Crippen LogP contribution in [0, 0.1) is 0 Å². The van der Waals surface area contributed by atoms with E-state index in [1.165, 1.54) is 7.05 Å². The van der Waals surface area contributed by atoms with Crippen LogP contribution in [0.2, 0.25) is 0 Å². The molecule has 0 radical (unpaired) electrons. The van der Waals surface area contributed by atoms with Gasteiger partial charge in [0.1, 0.15) is 0 Å². The maximum absolute atomic E-state index is 4.50. The summed E-state index contributed by atoms with van der Waals surface area (Å²) in [5, 5.41) is 0. The summed E-state index contributed by atoms with van der Waals surface area (Å²) in [6.45, 7) is 13.2. The van der Waals surface area contributed by atoms with Gasteiger partial charge in [-0.2, -0.15) is 0 Å². The predicted molar refractivity (Wildman–Crippen MR) is 64.8 cm³/mol. The van der Waals surface area contributed by atoms with Crippen LogP contribution in [0.1, 0.15) is 20.8 Å². The number of hydrogen-bond acceptors (Lipinski definition) is 1. The van der Waals surface area contributed by atoms with Crippen LogP contribution in [0.15, 0.2) is 49.1 Å². The van der Waals surface area contributed by atoms with E-state index in [2.05, 4.69) is 18.9 Å². The van der Waals surface area contributed by atoms with Crippen LogP contribution < -0.4 is 5.73 Å². The Morgan fingerprint density at radius 1 is 1.08 bits per heavy atom. The second-order valence-electron chi connectivity index (χ2n) is 1.74. The van der Waals surface area contributed by atoms with Gasteiger partial charge in [0.05, 0.1) is 0 Å².